The number of carbonyl (C=O) groups is 2. The summed E-state index contributed by atoms with van der Waals surface area (Å²) >= 11 is 0. The van der Waals surface area contributed by atoms with E-state index in [9.17, 15) is 14.7 Å². The maximum atomic E-state index is 13.3. The Morgan fingerprint density at radius 2 is 1.55 bits per heavy atom. The molecule has 1 atom stereocenters. The number of carboxylic acid groups (broad SMARTS) is 1. The normalized spacial score (nSPS) is 12.2. The predicted molar refractivity (Wildman–Crippen MR) is 125 cm³/mol. The lowest BCUT2D eigenvalue weighted by Gasteiger charge is -2.33. The van der Waals surface area contributed by atoms with Crippen molar-refractivity contribution in [1.29, 1.82) is 0 Å². The lowest BCUT2D eigenvalue weighted by atomic mass is 9.86. The second-order valence-corrected chi connectivity index (χ2v) is 8.34. The monoisotopic (exact) mass is 448 g/mol. The van der Waals surface area contributed by atoms with E-state index < -0.39 is 23.4 Å². The van der Waals surface area contributed by atoms with Crippen molar-refractivity contribution >= 4 is 17.7 Å². The van der Waals surface area contributed by atoms with E-state index in [-0.39, 0.29) is 24.6 Å². The van der Waals surface area contributed by atoms with Crippen molar-refractivity contribution in [1.82, 2.24) is 4.98 Å². The van der Waals surface area contributed by atoms with Gasteiger partial charge >= 0.3 is 5.97 Å². The largest absolute Gasteiger partial charge is 0.478 e. The molecular weight excluding hydrogens is 420 g/mol. The molecule has 0 aliphatic carbocycles. The van der Waals surface area contributed by atoms with Gasteiger partial charge in [0.05, 0.1) is 19.8 Å². The number of amides is 1. The van der Waals surface area contributed by atoms with Crippen molar-refractivity contribution in [2.45, 2.75) is 33.2 Å². The van der Waals surface area contributed by atoms with E-state index in [1.54, 1.807) is 0 Å². The maximum Gasteiger partial charge on any atom is 0.339 e. The van der Waals surface area contributed by atoms with Gasteiger partial charge in [-0.25, -0.2) is 9.78 Å². The minimum Gasteiger partial charge on any atom is -0.478 e. The first-order valence-electron chi connectivity index (χ1n) is 10.6. The van der Waals surface area contributed by atoms with Crippen molar-refractivity contribution in [3.63, 3.8) is 0 Å². The van der Waals surface area contributed by atoms with Crippen LogP contribution in [0.5, 0.6) is 0 Å². The third-order valence-corrected chi connectivity index (χ3v) is 5.07. The number of nitrogens with one attached hydrogen (secondary N) is 1. The molecule has 0 saturated heterocycles. The zero-order valence-corrected chi connectivity index (χ0v) is 18.7. The molecule has 0 saturated carbocycles. The fourth-order valence-corrected chi connectivity index (χ4v) is 3.35. The molecule has 0 radical (unpaired) electrons. The van der Waals surface area contributed by atoms with Crippen LogP contribution in [0.2, 0.25) is 0 Å². The van der Waals surface area contributed by atoms with Crippen molar-refractivity contribution in [2.75, 3.05) is 11.9 Å². The van der Waals surface area contributed by atoms with Crippen LogP contribution in [-0.4, -0.2) is 34.7 Å². The van der Waals surface area contributed by atoms with Gasteiger partial charge in [0.2, 0.25) is 0 Å². The van der Waals surface area contributed by atoms with Crippen molar-refractivity contribution < 1.29 is 24.2 Å². The summed E-state index contributed by atoms with van der Waals surface area (Å²) in [5.74, 6) is -1.68. The van der Waals surface area contributed by atoms with Gasteiger partial charge in [-0.15, -0.1) is 0 Å². The number of carbonyl (C=O) groups excluding carboxylic acids is 1. The number of aromatic nitrogens is 1. The molecule has 2 aromatic carbocycles. The summed E-state index contributed by atoms with van der Waals surface area (Å²) in [5.41, 5.74) is 1.14. The molecule has 172 valence electrons. The van der Waals surface area contributed by atoms with E-state index >= 15 is 0 Å². The van der Waals surface area contributed by atoms with Gasteiger partial charge in [0.15, 0.2) is 0 Å². The molecule has 0 bridgehead atoms. The Hall–Kier alpha value is -3.55. The highest BCUT2D eigenvalue weighted by Gasteiger charge is 2.37. The number of carboxylic acids is 1. The summed E-state index contributed by atoms with van der Waals surface area (Å²) in [4.78, 5) is 28.8. The lowest BCUT2D eigenvalue weighted by molar-refractivity contribution is -0.141. The van der Waals surface area contributed by atoms with Crippen LogP contribution in [0.15, 0.2) is 79.0 Å². The fourth-order valence-electron chi connectivity index (χ4n) is 3.35. The summed E-state index contributed by atoms with van der Waals surface area (Å²) in [6.45, 7) is 4.63. The number of rotatable bonds is 11. The van der Waals surface area contributed by atoms with Crippen molar-refractivity contribution in [3.05, 3.63) is 95.7 Å². The second kappa shape index (κ2) is 11.4. The molecule has 3 rings (SSSR count). The van der Waals surface area contributed by atoms with E-state index in [2.05, 4.69) is 10.3 Å². The number of benzene rings is 2. The Bertz CT molecular complexity index is 1050. The lowest BCUT2D eigenvalue weighted by Crippen LogP contribution is -2.45. The molecule has 1 aromatic heterocycles. The average molecular weight is 449 g/mol. The van der Waals surface area contributed by atoms with Crippen molar-refractivity contribution in [2.24, 2.45) is 5.41 Å². The van der Waals surface area contributed by atoms with E-state index in [1.807, 2.05) is 74.5 Å². The highest BCUT2D eigenvalue weighted by atomic mass is 16.5. The quantitative estimate of drug-likeness (QED) is 0.447. The molecule has 7 heteroatoms. The Morgan fingerprint density at radius 1 is 0.939 bits per heavy atom. The fraction of sp³-hybridized carbons (Fsp3) is 0.269. The summed E-state index contributed by atoms with van der Waals surface area (Å²) in [7, 11) is 0. The second-order valence-electron chi connectivity index (χ2n) is 8.34. The van der Waals surface area contributed by atoms with Gasteiger partial charge < -0.3 is 19.9 Å². The van der Waals surface area contributed by atoms with Crippen molar-refractivity contribution in [3.8, 4) is 0 Å². The molecular formula is C26H28N2O5. The highest BCUT2D eigenvalue weighted by Crippen LogP contribution is 2.27. The van der Waals surface area contributed by atoms with Gasteiger partial charge in [0.25, 0.3) is 5.91 Å². The number of ether oxygens (including phenoxy) is 2. The van der Waals surface area contributed by atoms with E-state index in [4.69, 9.17) is 9.47 Å². The minimum absolute atomic E-state index is 0.0238. The van der Waals surface area contributed by atoms with Crippen LogP contribution in [0.25, 0.3) is 0 Å². The number of hydrogen-bond donors (Lipinski definition) is 2. The van der Waals surface area contributed by atoms with Gasteiger partial charge in [-0.3, -0.25) is 4.79 Å². The number of hydrogen-bond acceptors (Lipinski definition) is 5. The van der Waals surface area contributed by atoms with Gasteiger partial charge in [0, 0.05) is 11.6 Å². The van der Waals surface area contributed by atoms with Crippen LogP contribution >= 0.6 is 0 Å². The summed E-state index contributed by atoms with van der Waals surface area (Å²) in [5, 5.41) is 12.0. The SMILES string of the molecule is CC(C)(COCc1ccccc1)C(OCc1ccccc1)C(=O)Nc1ncccc1C(=O)O. The molecule has 3 aromatic rings. The zero-order chi connectivity index (χ0) is 23.7. The number of anilines is 1. The van der Waals surface area contributed by atoms with Crippen LogP contribution in [0.4, 0.5) is 5.82 Å². The first-order chi connectivity index (χ1) is 15.9. The number of nitrogens with zero attached hydrogens (tertiary/aromatic N) is 1. The van der Waals surface area contributed by atoms with Crippen LogP contribution in [0.3, 0.4) is 0 Å². The molecule has 33 heavy (non-hydrogen) atoms. The first-order valence-corrected chi connectivity index (χ1v) is 10.6. The molecule has 1 unspecified atom stereocenters. The van der Waals surface area contributed by atoms with Crippen LogP contribution < -0.4 is 5.32 Å². The maximum absolute atomic E-state index is 13.3. The smallest absolute Gasteiger partial charge is 0.339 e. The summed E-state index contributed by atoms with van der Waals surface area (Å²) in [6, 6.07) is 22.2. The highest BCUT2D eigenvalue weighted by molar-refractivity contribution is 6.00. The topological polar surface area (TPSA) is 97.8 Å². The van der Waals surface area contributed by atoms with Gasteiger partial charge in [-0.2, -0.15) is 0 Å². The number of pyridine rings is 1. The Morgan fingerprint density at radius 3 is 2.15 bits per heavy atom. The van der Waals surface area contributed by atoms with Crippen LogP contribution in [-0.2, 0) is 27.5 Å². The van der Waals surface area contributed by atoms with Gasteiger partial charge in [-0.05, 0) is 23.3 Å². The third-order valence-electron chi connectivity index (χ3n) is 5.07. The first kappa shape index (κ1) is 24.1. The number of aromatic carboxylic acids is 1. The molecule has 0 spiro atoms. The average Bonchev–Trinajstić information content (AvgIpc) is 2.80. The van der Waals surface area contributed by atoms with Crippen LogP contribution in [0.1, 0.15) is 35.3 Å². The Labute approximate surface area is 193 Å². The van der Waals surface area contributed by atoms with E-state index in [0.29, 0.717) is 6.61 Å². The Kier molecular flexibility index (Phi) is 8.29. The molecule has 0 aliphatic rings. The molecule has 1 heterocycles. The summed E-state index contributed by atoms with van der Waals surface area (Å²) in [6.07, 6.45) is 0.507. The third kappa shape index (κ3) is 6.97. The predicted octanol–water partition coefficient (Wildman–Crippen LogP) is 4.55. The molecule has 7 nitrogen and oxygen atoms in total. The standard InChI is InChI=1S/C26H28N2O5/c1-26(2,18-32-16-19-10-5-3-6-11-19)22(33-17-20-12-7-4-8-13-20)24(29)28-23-21(25(30)31)14-9-15-27-23/h3-15,22H,16-18H2,1-2H3,(H,30,31)(H,27,28,29). The van der Waals surface area contributed by atoms with Gasteiger partial charge in [-0.1, -0.05) is 74.5 Å². The zero-order valence-electron chi connectivity index (χ0n) is 18.7. The molecule has 2 N–H and O–H groups in total. The molecule has 0 fully saturated rings. The molecule has 0 aliphatic heterocycles. The molecule has 1 amide bonds. The van der Waals surface area contributed by atoms with E-state index in [0.717, 1.165) is 11.1 Å². The Balaban J connectivity index is 1.75. The minimum atomic E-state index is -1.18. The van der Waals surface area contributed by atoms with Crippen LogP contribution in [0, 0.1) is 5.41 Å². The van der Waals surface area contributed by atoms with Gasteiger partial charge in [0.1, 0.15) is 17.5 Å². The summed E-state index contributed by atoms with van der Waals surface area (Å²) < 4.78 is 12.0. The van der Waals surface area contributed by atoms with E-state index in [1.165, 1.54) is 18.3 Å².